The molecule has 2 aromatic carbocycles. The van der Waals surface area contributed by atoms with Gasteiger partial charge >= 0.3 is 12.0 Å². The highest BCUT2D eigenvalue weighted by Crippen LogP contribution is 2.32. The molecule has 0 atom stereocenters. The van der Waals surface area contributed by atoms with Crippen molar-refractivity contribution in [2.24, 2.45) is 0 Å². The van der Waals surface area contributed by atoms with Crippen molar-refractivity contribution in [3.8, 4) is 11.5 Å². The van der Waals surface area contributed by atoms with Crippen molar-refractivity contribution in [1.82, 2.24) is 5.32 Å². The molecule has 0 bridgehead atoms. The number of carbonyl (C=O) groups excluding carboxylic acids is 2. The van der Waals surface area contributed by atoms with Gasteiger partial charge < -0.3 is 24.8 Å². The molecule has 0 saturated carbocycles. The van der Waals surface area contributed by atoms with Gasteiger partial charge in [-0.05, 0) is 24.3 Å². The van der Waals surface area contributed by atoms with Crippen LogP contribution in [0, 0.1) is 0 Å². The Balaban J connectivity index is 1.59. The first-order valence-electron chi connectivity index (χ1n) is 9.03. The Bertz CT molecular complexity index is 887. The summed E-state index contributed by atoms with van der Waals surface area (Å²) in [7, 11) is 0. The van der Waals surface area contributed by atoms with E-state index in [9.17, 15) is 14.4 Å². The van der Waals surface area contributed by atoms with Crippen molar-refractivity contribution in [2.45, 2.75) is 6.42 Å². The van der Waals surface area contributed by atoms with E-state index in [0.717, 1.165) is 6.42 Å². The van der Waals surface area contributed by atoms with Gasteiger partial charge in [0.2, 0.25) is 5.91 Å². The highest BCUT2D eigenvalue weighted by atomic mass is 16.5. The van der Waals surface area contributed by atoms with Gasteiger partial charge in [0.1, 0.15) is 6.54 Å². The van der Waals surface area contributed by atoms with Crippen LogP contribution in [0.1, 0.15) is 6.42 Å². The summed E-state index contributed by atoms with van der Waals surface area (Å²) in [6.07, 6.45) is 0.765. The second-order valence-electron chi connectivity index (χ2n) is 6.30. The number of carboxylic acids is 1. The van der Waals surface area contributed by atoms with Crippen molar-refractivity contribution < 1.29 is 29.0 Å². The molecule has 1 aliphatic heterocycles. The fourth-order valence-electron chi connectivity index (χ4n) is 2.78. The summed E-state index contributed by atoms with van der Waals surface area (Å²) in [5.41, 5.74) is 0.998. The van der Waals surface area contributed by atoms with E-state index in [1.165, 1.54) is 4.90 Å². The molecule has 29 heavy (non-hydrogen) atoms. The lowest BCUT2D eigenvalue weighted by molar-refractivity contribution is -0.135. The maximum absolute atomic E-state index is 12.2. The number of imide groups is 1. The zero-order valence-corrected chi connectivity index (χ0v) is 15.6. The molecular formula is C20H21N3O6. The molecule has 0 spiro atoms. The van der Waals surface area contributed by atoms with E-state index >= 15 is 0 Å². The minimum atomic E-state index is -1.08. The maximum Gasteiger partial charge on any atom is 0.325 e. The molecule has 0 saturated heterocycles. The van der Waals surface area contributed by atoms with Gasteiger partial charge in [0, 0.05) is 23.9 Å². The smallest absolute Gasteiger partial charge is 0.325 e. The lowest BCUT2D eigenvalue weighted by atomic mass is 10.2. The molecule has 0 unspecified atom stereocenters. The summed E-state index contributed by atoms with van der Waals surface area (Å²) in [4.78, 5) is 36.8. The van der Waals surface area contributed by atoms with Crippen LogP contribution in [0.15, 0.2) is 48.5 Å². The first kappa shape index (κ1) is 20.0. The number of anilines is 2. The molecule has 152 valence electrons. The molecule has 9 nitrogen and oxygen atoms in total. The van der Waals surface area contributed by atoms with Crippen LogP contribution in [0.2, 0.25) is 0 Å². The van der Waals surface area contributed by atoms with Crippen molar-refractivity contribution in [3.63, 3.8) is 0 Å². The van der Waals surface area contributed by atoms with Crippen molar-refractivity contribution >= 4 is 29.3 Å². The van der Waals surface area contributed by atoms with Gasteiger partial charge in [-0.2, -0.15) is 0 Å². The van der Waals surface area contributed by atoms with Crippen molar-refractivity contribution in [1.29, 1.82) is 0 Å². The number of aliphatic carboxylic acids is 1. The summed E-state index contributed by atoms with van der Waals surface area (Å²) in [5, 5.41) is 13.8. The number of nitrogens with one attached hydrogen (secondary N) is 2. The van der Waals surface area contributed by atoms with E-state index in [2.05, 4.69) is 10.6 Å². The summed E-state index contributed by atoms with van der Waals surface area (Å²) < 4.78 is 11.1. The number of amides is 3. The zero-order chi connectivity index (χ0) is 20.6. The lowest BCUT2D eigenvalue weighted by Crippen LogP contribution is -2.43. The summed E-state index contributed by atoms with van der Waals surface area (Å²) in [5.74, 6) is -0.611. The number of carbonyl (C=O) groups is 3. The SMILES string of the molecule is O=C(O)CN(CC(=O)NC(=O)Nc1ccc2c(c1)OCCCO2)c1ccccc1. The summed E-state index contributed by atoms with van der Waals surface area (Å²) in [6, 6.07) is 12.8. The fourth-order valence-corrected chi connectivity index (χ4v) is 2.78. The van der Waals surface area contributed by atoms with Crippen LogP contribution < -0.4 is 25.0 Å². The average Bonchev–Trinajstić information content (AvgIpc) is 2.92. The molecule has 0 aromatic heterocycles. The topological polar surface area (TPSA) is 117 Å². The number of hydrogen-bond donors (Lipinski definition) is 3. The molecule has 3 rings (SSSR count). The second-order valence-corrected chi connectivity index (χ2v) is 6.30. The standard InChI is InChI=1S/C20H21N3O6/c24-18(12-23(13-19(25)26)15-5-2-1-3-6-15)22-20(27)21-14-7-8-16-17(11-14)29-10-4-9-28-16/h1-3,5-8,11H,4,9-10,12-13H2,(H,25,26)(H2,21,22,24,27). The lowest BCUT2D eigenvalue weighted by Gasteiger charge is -2.22. The minimum absolute atomic E-state index is 0.287. The third-order valence-corrected chi connectivity index (χ3v) is 4.04. The number of para-hydroxylation sites is 1. The zero-order valence-electron chi connectivity index (χ0n) is 15.6. The van der Waals surface area contributed by atoms with E-state index in [-0.39, 0.29) is 13.1 Å². The predicted octanol–water partition coefficient (Wildman–Crippen LogP) is 2.09. The average molecular weight is 399 g/mol. The van der Waals surface area contributed by atoms with Gasteiger partial charge in [0.05, 0.1) is 19.8 Å². The third kappa shape index (κ3) is 5.86. The number of hydrogen-bond acceptors (Lipinski definition) is 6. The van der Waals surface area contributed by atoms with Crippen LogP contribution >= 0.6 is 0 Å². The van der Waals surface area contributed by atoms with Crippen LogP contribution in [-0.4, -0.2) is 49.3 Å². The predicted molar refractivity (Wildman–Crippen MR) is 106 cm³/mol. The summed E-state index contributed by atoms with van der Waals surface area (Å²) >= 11 is 0. The largest absolute Gasteiger partial charge is 0.490 e. The van der Waals surface area contributed by atoms with Crippen LogP contribution in [0.4, 0.5) is 16.2 Å². The molecule has 3 amide bonds. The Morgan fingerprint density at radius 3 is 2.41 bits per heavy atom. The monoisotopic (exact) mass is 399 g/mol. The maximum atomic E-state index is 12.2. The number of nitrogens with zero attached hydrogens (tertiary/aromatic N) is 1. The number of carboxylic acid groups (broad SMARTS) is 1. The highest BCUT2D eigenvalue weighted by molar-refractivity contribution is 6.02. The minimum Gasteiger partial charge on any atom is -0.490 e. The summed E-state index contributed by atoms with van der Waals surface area (Å²) in [6.45, 7) is 0.412. The first-order valence-corrected chi connectivity index (χ1v) is 9.03. The van der Waals surface area contributed by atoms with Gasteiger partial charge in [-0.15, -0.1) is 0 Å². The molecule has 1 aliphatic rings. The van der Waals surface area contributed by atoms with Gasteiger partial charge in [0.25, 0.3) is 0 Å². The fraction of sp³-hybridized carbons (Fsp3) is 0.250. The van der Waals surface area contributed by atoms with Crippen LogP contribution in [0.3, 0.4) is 0 Å². The number of benzene rings is 2. The Kier molecular flexibility index (Phi) is 6.51. The molecule has 0 aliphatic carbocycles. The Morgan fingerprint density at radius 1 is 0.966 bits per heavy atom. The molecular weight excluding hydrogens is 378 g/mol. The Hall–Kier alpha value is -3.75. The molecule has 9 heteroatoms. The van der Waals surface area contributed by atoms with Crippen molar-refractivity contribution in [3.05, 3.63) is 48.5 Å². The molecule has 3 N–H and O–H groups in total. The first-order chi connectivity index (χ1) is 14.0. The van der Waals surface area contributed by atoms with Crippen LogP contribution in [-0.2, 0) is 9.59 Å². The number of fused-ring (bicyclic) bond motifs is 1. The molecule has 0 radical (unpaired) electrons. The van der Waals surface area contributed by atoms with Crippen molar-refractivity contribution in [2.75, 3.05) is 36.5 Å². The van der Waals surface area contributed by atoms with E-state index in [4.69, 9.17) is 14.6 Å². The molecule has 0 fully saturated rings. The second kappa shape index (κ2) is 9.45. The van der Waals surface area contributed by atoms with Gasteiger partial charge in [-0.1, -0.05) is 18.2 Å². The van der Waals surface area contributed by atoms with Gasteiger partial charge in [-0.3, -0.25) is 14.9 Å². The van der Waals surface area contributed by atoms with Crippen LogP contribution in [0.5, 0.6) is 11.5 Å². The van der Waals surface area contributed by atoms with E-state index in [0.29, 0.717) is 36.1 Å². The quantitative estimate of drug-likeness (QED) is 0.681. The normalized spacial score (nSPS) is 12.4. The van der Waals surface area contributed by atoms with Crippen LogP contribution in [0.25, 0.3) is 0 Å². The van der Waals surface area contributed by atoms with Gasteiger partial charge in [-0.25, -0.2) is 4.79 Å². The molecule has 1 heterocycles. The number of urea groups is 1. The third-order valence-electron chi connectivity index (χ3n) is 4.04. The van der Waals surface area contributed by atoms with E-state index < -0.39 is 17.9 Å². The molecule has 2 aromatic rings. The number of ether oxygens (including phenoxy) is 2. The van der Waals surface area contributed by atoms with Gasteiger partial charge in [0.15, 0.2) is 11.5 Å². The Labute approximate surface area is 167 Å². The highest BCUT2D eigenvalue weighted by Gasteiger charge is 2.17. The van der Waals surface area contributed by atoms with E-state index in [1.54, 1.807) is 48.5 Å². The Morgan fingerprint density at radius 2 is 1.69 bits per heavy atom. The van der Waals surface area contributed by atoms with E-state index in [1.807, 2.05) is 0 Å². The number of rotatable bonds is 6.